The molecule has 0 N–H and O–H groups in total. The number of hydrogen-bond donors (Lipinski definition) is 0. The molecule has 0 saturated heterocycles. The molecular formula is C22H17BrN2. The molecule has 1 aliphatic rings. The van der Waals surface area contributed by atoms with Gasteiger partial charge in [-0.05, 0) is 24.6 Å². The maximum atomic E-state index is 4.87. The van der Waals surface area contributed by atoms with Crippen molar-refractivity contribution in [1.29, 1.82) is 0 Å². The van der Waals surface area contributed by atoms with Crippen LogP contribution in [0.1, 0.15) is 18.0 Å². The van der Waals surface area contributed by atoms with Gasteiger partial charge in [0.25, 0.3) is 0 Å². The zero-order valence-corrected chi connectivity index (χ0v) is 15.2. The van der Waals surface area contributed by atoms with E-state index in [0.29, 0.717) is 5.92 Å². The van der Waals surface area contributed by atoms with Crippen LogP contribution in [-0.4, -0.2) is 9.97 Å². The van der Waals surface area contributed by atoms with E-state index in [0.717, 1.165) is 39.2 Å². The third kappa shape index (κ3) is 3.62. The van der Waals surface area contributed by atoms with E-state index in [-0.39, 0.29) is 0 Å². The lowest BCUT2D eigenvalue weighted by atomic mass is 9.95. The number of hydrogen-bond acceptors (Lipinski definition) is 2. The topological polar surface area (TPSA) is 25.8 Å². The fourth-order valence-corrected chi connectivity index (χ4v) is 3.21. The Morgan fingerprint density at radius 1 is 0.840 bits per heavy atom. The first-order valence-electron chi connectivity index (χ1n) is 8.33. The molecule has 1 unspecified atom stereocenters. The Bertz CT molecular complexity index is 928. The van der Waals surface area contributed by atoms with E-state index in [9.17, 15) is 0 Å². The summed E-state index contributed by atoms with van der Waals surface area (Å²) in [4.78, 5) is 9.70. The van der Waals surface area contributed by atoms with E-state index in [1.54, 1.807) is 0 Å². The normalized spacial score (nSPS) is 16.1. The van der Waals surface area contributed by atoms with Crippen molar-refractivity contribution in [1.82, 2.24) is 9.97 Å². The highest BCUT2D eigenvalue weighted by Crippen LogP contribution is 2.29. The Hall–Kier alpha value is -2.52. The summed E-state index contributed by atoms with van der Waals surface area (Å²) in [7, 11) is 0. The Morgan fingerprint density at radius 2 is 1.64 bits per heavy atom. The molecule has 0 aliphatic heterocycles. The predicted molar refractivity (Wildman–Crippen MR) is 106 cm³/mol. The summed E-state index contributed by atoms with van der Waals surface area (Å²) in [6, 6.07) is 20.6. The van der Waals surface area contributed by atoms with Crippen LogP contribution in [0.5, 0.6) is 0 Å². The molecule has 1 aromatic heterocycles. The fraction of sp³-hybridized carbons (Fsp3) is 0.0909. The average Bonchev–Trinajstić information content (AvgIpc) is 2.69. The molecule has 3 aromatic rings. The Kier molecular flexibility index (Phi) is 4.57. The molecular weight excluding hydrogens is 372 g/mol. The van der Waals surface area contributed by atoms with Crippen LogP contribution in [0.3, 0.4) is 0 Å². The van der Waals surface area contributed by atoms with Crippen LogP contribution in [0.25, 0.3) is 22.6 Å². The van der Waals surface area contributed by atoms with Crippen molar-refractivity contribution in [2.24, 2.45) is 0 Å². The maximum Gasteiger partial charge on any atom is 0.160 e. The fourth-order valence-electron chi connectivity index (χ4n) is 2.94. The lowest BCUT2D eigenvalue weighted by Crippen LogP contribution is -2.03. The summed E-state index contributed by atoms with van der Waals surface area (Å²) in [6.07, 6.45) is 9.56. The quantitative estimate of drug-likeness (QED) is 0.535. The summed E-state index contributed by atoms with van der Waals surface area (Å²) in [5.41, 5.74) is 4.16. The molecule has 0 amide bonds. The minimum absolute atomic E-state index is 0.296. The minimum Gasteiger partial charge on any atom is -0.232 e. The highest BCUT2D eigenvalue weighted by molar-refractivity contribution is 9.10. The maximum absolute atomic E-state index is 4.87. The van der Waals surface area contributed by atoms with E-state index in [1.165, 1.54) is 0 Å². The van der Waals surface area contributed by atoms with Gasteiger partial charge in [0.2, 0.25) is 0 Å². The van der Waals surface area contributed by atoms with Crippen LogP contribution < -0.4 is 0 Å². The molecule has 4 rings (SSSR count). The minimum atomic E-state index is 0.296. The first kappa shape index (κ1) is 16.0. The van der Waals surface area contributed by atoms with Crippen molar-refractivity contribution in [3.63, 3.8) is 0 Å². The van der Waals surface area contributed by atoms with Crippen LogP contribution in [0.4, 0.5) is 0 Å². The Morgan fingerprint density at radius 3 is 2.36 bits per heavy atom. The zero-order chi connectivity index (χ0) is 17.1. The number of aromatic nitrogens is 2. The molecule has 1 atom stereocenters. The smallest absolute Gasteiger partial charge is 0.160 e. The van der Waals surface area contributed by atoms with Crippen molar-refractivity contribution >= 4 is 15.9 Å². The van der Waals surface area contributed by atoms with Crippen LogP contribution in [-0.2, 0) is 0 Å². The van der Waals surface area contributed by atoms with Crippen LogP contribution in [0.2, 0.25) is 0 Å². The third-order valence-electron chi connectivity index (χ3n) is 4.28. The van der Waals surface area contributed by atoms with Gasteiger partial charge < -0.3 is 0 Å². The van der Waals surface area contributed by atoms with Crippen LogP contribution >= 0.6 is 15.9 Å². The molecule has 0 radical (unpaired) electrons. The molecule has 3 heteroatoms. The second-order valence-corrected chi connectivity index (χ2v) is 6.95. The zero-order valence-electron chi connectivity index (χ0n) is 13.6. The standard InChI is InChI=1S/C22H17BrN2/c23-19-13-11-18(12-14-19)22-24-20(16-7-3-1-4-8-16)15-21(25-22)17-9-5-2-6-10-17/h1-9,11-15,17H,10H2. The number of allylic oxidation sites excluding steroid dienone is 4. The second-order valence-electron chi connectivity index (χ2n) is 6.03. The molecule has 1 heterocycles. The molecule has 1 aliphatic carbocycles. The van der Waals surface area contributed by atoms with E-state index < -0.39 is 0 Å². The summed E-state index contributed by atoms with van der Waals surface area (Å²) >= 11 is 3.49. The first-order chi connectivity index (χ1) is 12.3. The predicted octanol–water partition coefficient (Wildman–Crippen LogP) is 6.17. The molecule has 122 valence electrons. The van der Waals surface area contributed by atoms with Crippen LogP contribution in [0, 0.1) is 0 Å². The summed E-state index contributed by atoms with van der Waals surface area (Å²) in [5.74, 6) is 1.07. The van der Waals surface area contributed by atoms with Crippen molar-refractivity contribution in [3.8, 4) is 22.6 Å². The van der Waals surface area contributed by atoms with E-state index in [1.807, 2.05) is 30.3 Å². The largest absolute Gasteiger partial charge is 0.232 e. The molecule has 2 aromatic carbocycles. The number of benzene rings is 2. The van der Waals surface area contributed by atoms with Crippen molar-refractivity contribution in [3.05, 3.63) is 95.1 Å². The van der Waals surface area contributed by atoms with Crippen molar-refractivity contribution in [2.45, 2.75) is 12.3 Å². The molecule has 0 bridgehead atoms. The molecule has 0 fully saturated rings. The molecule has 25 heavy (non-hydrogen) atoms. The third-order valence-corrected chi connectivity index (χ3v) is 4.81. The Labute approximate surface area is 156 Å². The first-order valence-corrected chi connectivity index (χ1v) is 9.12. The van der Waals surface area contributed by atoms with Gasteiger partial charge in [0.05, 0.1) is 11.4 Å². The van der Waals surface area contributed by atoms with Crippen LogP contribution in [0.15, 0.2) is 89.4 Å². The van der Waals surface area contributed by atoms with Crippen molar-refractivity contribution < 1.29 is 0 Å². The van der Waals surface area contributed by atoms with Gasteiger partial charge in [-0.2, -0.15) is 0 Å². The van der Waals surface area contributed by atoms with Gasteiger partial charge in [-0.1, -0.05) is 82.7 Å². The van der Waals surface area contributed by atoms with E-state index >= 15 is 0 Å². The van der Waals surface area contributed by atoms with Gasteiger partial charge in [-0.3, -0.25) is 0 Å². The molecule has 2 nitrogen and oxygen atoms in total. The van der Waals surface area contributed by atoms with Gasteiger partial charge in [-0.15, -0.1) is 0 Å². The SMILES string of the molecule is Brc1ccc(-c2nc(-c3ccccc3)cc(C3C=CC=CC3)n2)cc1. The number of nitrogens with zero attached hydrogens (tertiary/aromatic N) is 2. The van der Waals surface area contributed by atoms with E-state index in [4.69, 9.17) is 9.97 Å². The highest BCUT2D eigenvalue weighted by atomic mass is 79.9. The average molecular weight is 389 g/mol. The van der Waals surface area contributed by atoms with Gasteiger partial charge >= 0.3 is 0 Å². The van der Waals surface area contributed by atoms with Gasteiger partial charge in [0.15, 0.2) is 5.82 Å². The summed E-state index contributed by atoms with van der Waals surface area (Å²) in [5, 5.41) is 0. The summed E-state index contributed by atoms with van der Waals surface area (Å²) in [6.45, 7) is 0. The lowest BCUT2D eigenvalue weighted by Gasteiger charge is -2.15. The van der Waals surface area contributed by atoms with Gasteiger partial charge in [0, 0.05) is 21.5 Å². The summed E-state index contributed by atoms with van der Waals surface area (Å²) < 4.78 is 1.05. The van der Waals surface area contributed by atoms with E-state index in [2.05, 4.69) is 70.6 Å². The number of halogens is 1. The van der Waals surface area contributed by atoms with Gasteiger partial charge in [0.1, 0.15) is 0 Å². The Balaban J connectivity index is 1.84. The monoisotopic (exact) mass is 388 g/mol. The lowest BCUT2D eigenvalue weighted by molar-refractivity contribution is 0.811. The second kappa shape index (κ2) is 7.16. The van der Waals surface area contributed by atoms with Crippen molar-refractivity contribution in [2.75, 3.05) is 0 Å². The molecule has 0 saturated carbocycles. The van der Waals surface area contributed by atoms with Gasteiger partial charge in [-0.25, -0.2) is 9.97 Å². The molecule has 0 spiro atoms. The number of rotatable bonds is 3. The highest BCUT2D eigenvalue weighted by Gasteiger charge is 2.15.